The average Bonchev–Trinajstić information content (AvgIpc) is 3.85. The lowest BCUT2D eigenvalue weighted by molar-refractivity contribution is -0.139. The van der Waals surface area contributed by atoms with Gasteiger partial charge in [0.15, 0.2) is 5.75 Å². The number of nitrogens with one attached hydrogen (secondary N) is 1. The highest BCUT2D eigenvalue weighted by Gasteiger charge is 2.47. The third kappa shape index (κ3) is 5.50. The largest absolute Gasteiger partial charge is 0.491 e. The molecular weight excluding hydrogens is 626 g/mol. The molecule has 0 radical (unpaired) electrons. The van der Waals surface area contributed by atoms with Gasteiger partial charge < -0.3 is 24.2 Å². The number of carbonyl (C=O) groups excluding carboxylic acids is 1. The van der Waals surface area contributed by atoms with Crippen molar-refractivity contribution in [1.82, 2.24) is 30.0 Å². The molecule has 4 aromatic rings. The molecule has 0 atom stereocenters. The van der Waals surface area contributed by atoms with Gasteiger partial charge in [-0.1, -0.05) is 19.1 Å². The van der Waals surface area contributed by atoms with Gasteiger partial charge in [0.1, 0.15) is 17.4 Å². The normalized spacial score (nSPS) is 23.6. The molecule has 2 saturated carbocycles. The summed E-state index contributed by atoms with van der Waals surface area (Å²) in [6, 6.07) is 7.70. The number of hydrogen-bond donors (Lipinski definition) is 1. The van der Waals surface area contributed by atoms with Crippen molar-refractivity contribution in [1.29, 1.82) is 0 Å². The third-order valence-corrected chi connectivity index (χ3v) is 12.2. The Kier molecular flexibility index (Phi) is 7.97. The number of aromatic nitrogens is 4. The zero-order chi connectivity index (χ0) is 34.0. The maximum atomic E-state index is 12.2. The van der Waals surface area contributed by atoms with Crippen molar-refractivity contribution in [3.63, 3.8) is 0 Å². The van der Waals surface area contributed by atoms with Gasteiger partial charge in [-0.05, 0) is 106 Å². The SMILES string of the molecule is C=CC(=O)N1CC2(CCN(c3nc(O[C@H]4C[C@@H](N5CCCCC5)C4)nc4c(OCC)c(-c5c(C)ccc6[nH]ncc56)c(C5CC5)cc34)CC2)C1. The van der Waals surface area contributed by atoms with Gasteiger partial charge in [0.2, 0.25) is 5.91 Å². The second-order valence-electron chi connectivity index (χ2n) is 15.5. The first-order valence-electron chi connectivity index (χ1n) is 18.9. The van der Waals surface area contributed by atoms with Crippen LogP contribution in [0.15, 0.2) is 37.1 Å². The molecule has 5 heterocycles. The van der Waals surface area contributed by atoms with Crippen molar-refractivity contribution in [3.05, 3.63) is 48.2 Å². The Morgan fingerprint density at radius 3 is 2.54 bits per heavy atom. The minimum Gasteiger partial charge on any atom is -0.491 e. The first-order chi connectivity index (χ1) is 24.4. The summed E-state index contributed by atoms with van der Waals surface area (Å²) in [5.41, 5.74) is 6.82. The van der Waals surface area contributed by atoms with Gasteiger partial charge >= 0.3 is 6.01 Å². The number of carbonyl (C=O) groups is 1. The molecular formula is C40H49N7O3. The van der Waals surface area contributed by atoms with Crippen LogP contribution in [-0.2, 0) is 4.79 Å². The summed E-state index contributed by atoms with van der Waals surface area (Å²) in [4.78, 5) is 29.7. The number of aromatic amines is 1. The van der Waals surface area contributed by atoms with E-state index in [2.05, 4.69) is 58.6 Å². The number of likely N-dealkylation sites (tertiary alicyclic amines) is 2. The lowest BCUT2D eigenvalue weighted by Gasteiger charge is -2.54. The van der Waals surface area contributed by atoms with Gasteiger partial charge in [0, 0.05) is 66.8 Å². The Morgan fingerprint density at radius 2 is 1.82 bits per heavy atom. The number of aryl methyl sites for hydroxylation is 1. The number of ether oxygens (including phenoxy) is 2. The molecule has 5 fully saturated rings. The standard InChI is InChI=1S/C40H49N7O3/c1-4-33(48)47-23-40(24-47)13-17-46(18-14-40)38-30-21-29(26-10-11-26)35(34-25(3)9-12-32-31(34)22-41-44-32)37(49-5-2)36(30)42-39(43-38)50-28-19-27(20-28)45-15-7-6-8-16-45/h4,9,12,21-22,26-28H,1,5-8,10-11,13-20,23-24H2,2-3H3,(H,41,44)/t27-,28+. The van der Waals surface area contributed by atoms with Gasteiger partial charge in [-0.15, -0.1) is 0 Å². The van der Waals surface area contributed by atoms with Crippen LogP contribution in [0.2, 0.25) is 0 Å². The topological polar surface area (TPSA) is 99.7 Å². The van der Waals surface area contributed by atoms with Crippen LogP contribution < -0.4 is 14.4 Å². The Hall–Kier alpha value is -4.18. The van der Waals surface area contributed by atoms with Gasteiger partial charge in [-0.25, -0.2) is 0 Å². The number of amides is 1. The Balaban J connectivity index is 1.13. The second-order valence-corrected chi connectivity index (χ2v) is 15.5. The van der Waals surface area contributed by atoms with E-state index in [1.807, 2.05) is 11.1 Å². The van der Waals surface area contributed by atoms with E-state index < -0.39 is 0 Å². The Bertz CT molecular complexity index is 1940. The van der Waals surface area contributed by atoms with E-state index >= 15 is 0 Å². The third-order valence-electron chi connectivity index (χ3n) is 12.2. The predicted octanol–water partition coefficient (Wildman–Crippen LogP) is 6.77. The van der Waals surface area contributed by atoms with Crippen LogP contribution in [0, 0.1) is 12.3 Å². The number of piperidine rings is 2. The number of hydrogen-bond acceptors (Lipinski definition) is 8. The maximum Gasteiger partial charge on any atom is 0.319 e. The van der Waals surface area contributed by atoms with Crippen LogP contribution in [0.4, 0.5) is 5.82 Å². The average molecular weight is 676 g/mol. The van der Waals surface area contributed by atoms with Crippen molar-refractivity contribution in [2.45, 2.75) is 89.7 Å². The molecule has 3 aliphatic heterocycles. The highest BCUT2D eigenvalue weighted by molar-refractivity contribution is 6.06. The lowest BCUT2D eigenvalue weighted by Crippen LogP contribution is -2.61. The summed E-state index contributed by atoms with van der Waals surface area (Å²) in [7, 11) is 0. The summed E-state index contributed by atoms with van der Waals surface area (Å²) < 4.78 is 13.4. The van der Waals surface area contributed by atoms with Crippen LogP contribution in [0.25, 0.3) is 32.9 Å². The fraction of sp³-hybridized carbons (Fsp3) is 0.550. The Morgan fingerprint density at radius 1 is 1.04 bits per heavy atom. The van der Waals surface area contributed by atoms with Crippen molar-refractivity contribution in [2.24, 2.45) is 5.41 Å². The van der Waals surface area contributed by atoms with E-state index in [1.54, 1.807) is 0 Å². The minimum atomic E-state index is 0.0355. The summed E-state index contributed by atoms with van der Waals surface area (Å²) in [5.74, 6) is 2.27. The van der Waals surface area contributed by atoms with Gasteiger partial charge in [-0.2, -0.15) is 15.1 Å². The van der Waals surface area contributed by atoms with E-state index in [4.69, 9.17) is 19.4 Å². The molecule has 2 aromatic heterocycles. The zero-order valence-electron chi connectivity index (χ0n) is 29.5. The number of benzene rings is 2. The minimum absolute atomic E-state index is 0.0355. The molecule has 0 unspecified atom stereocenters. The quantitative estimate of drug-likeness (QED) is 0.194. The van der Waals surface area contributed by atoms with Gasteiger partial charge in [0.05, 0.1) is 18.3 Å². The van der Waals surface area contributed by atoms with Crippen LogP contribution >= 0.6 is 0 Å². The van der Waals surface area contributed by atoms with Gasteiger partial charge in [-0.3, -0.25) is 9.89 Å². The number of nitrogens with zero attached hydrogens (tertiary/aromatic N) is 6. The van der Waals surface area contributed by atoms with Crippen LogP contribution in [-0.4, -0.2) is 93.9 Å². The second kappa shape index (κ2) is 12.5. The smallest absolute Gasteiger partial charge is 0.319 e. The highest BCUT2D eigenvalue weighted by atomic mass is 16.5. The fourth-order valence-electron chi connectivity index (χ4n) is 9.15. The van der Waals surface area contributed by atoms with E-state index in [0.717, 1.165) is 109 Å². The highest BCUT2D eigenvalue weighted by Crippen LogP contribution is 2.53. The Labute approximate surface area is 294 Å². The number of H-pyrrole nitrogens is 1. The van der Waals surface area contributed by atoms with Crippen molar-refractivity contribution in [3.8, 4) is 22.9 Å². The molecule has 10 nitrogen and oxygen atoms in total. The molecule has 1 N–H and O–H groups in total. The first-order valence-corrected chi connectivity index (χ1v) is 18.9. The summed E-state index contributed by atoms with van der Waals surface area (Å²) >= 11 is 0. The molecule has 2 aromatic carbocycles. The molecule has 1 amide bonds. The summed E-state index contributed by atoms with van der Waals surface area (Å²) in [6.07, 6.45) is 13.8. The van der Waals surface area contributed by atoms with Crippen LogP contribution in [0.5, 0.6) is 11.8 Å². The summed E-state index contributed by atoms with van der Waals surface area (Å²) in [6.45, 7) is 14.2. The van der Waals surface area contributed by atoms with Gasteiger partial charge in [0.25, 0.3) is 0 Å². The monoisotopic (exact) mass is 675 g/mol. The van der Waals surface area contributed by atoms with Crippen molar-refractivity contribution in [2.75, 3.05) is 50.8 Å². The van der Waals surface area contributed by atoms with Crippen molar-refractivity contribution >= 4 is 33.5 Å². The van der Waals surface area contributed by atoms with E-state index in [0.29, 0.717) is 24.6 Å². The molecule has 262 valence electrons. The number of rotatable bonds is 9. The predicted molar refractivity (Wildman–Crippen MR) is 196 cm³/mol. The fourth-order valence-corrected chi connectivity index (χ4v) is 9.15. The van der Waals surface area contributed by atoms with Crippen LogP contribution in [0.3, 0.4) is 0 Å². The van der Waals surface area contributed by atoms with E-state index in [1.165, 1.54) is 49.6 Å². The molecule has 0 bridgehead atoms. The molecule has 2 aliphatic carbocycles. The van der Waals surface area contributed by atoms with Crippen LogP contribution in [0.1, 0.15) is 81.8 Å². The molecule has 5 aliphatic rings. The molecule has 3 saturated heterocycles. The van der Waals surface area contributed by atoms with E-state index in [-0.39, 0.29) is 17.4 Å². The molecule has 9 rings (SSSR count). The molecule has 10 heteroatoms. The lowest BCUT2D eigenvalue weighted by atomic mass is 9.72. The summed E-state index contributed by atoms with van der Waals surface area (Å²) in [5, 5.41) is 9.75. The first kappa shape index (κ1) is 31.8. The van der Waals surface area contributed by atoms with Crippen molar-refractivity contribution < 1.29 is 14.3 Å². The molecule has 50 heavy (non-hydrogen) atoms. The zero-order valence-corrected chi connectivity index (χ0v) is 29.5. The maximum absolute atomic E-state index is 12.2. The number of anilines is 1. The number of fused-ring (bicyclic) bond motifs is 2. The van der Waals surface area contributed by atoms with E-state index in [9.17, 15) is 4.79 Å². The molecule has 1 spiro atoms.